The molecule has 0 spiro atoms. The number of rotatable bonds is 8. The van der Waals surface area contributed by atoms with Gasteiger partial charge in [-0.05, 0) is 48.0 Å². The van der Waals surface area contributed by atoms with Gasteiger partial charge < -0.3 is 26.2 Å². The Bertz CT molecular complexity index is 1290. The summed E-state index contributed by atoms with van der Waals surface area (Å²) in [6, 6.07) is 17.5. The Kier molecular flexibility index (Phi) is 10.2. The van der Waals surface area contributed by atoms with Crippen LogP contribution in [0, 0.1) is 17.6 Å². The summed E-state index contributed by atoms with van der Waals surface area (Å²) in [5.74, 6) is 0.283. The van der Waals surface area contributed by atoms with Gasteiger partial charge in [-0.15, -0.1) is 11.8 Å². The van der Waals surface area contributed by atoms with Crippen LogP contribution in [-0.2, 0) is 11.3 Å². The van der Waals surface area contributed by atoms with Crippen LogP contribution >= 0.6 is 35.0 Å². The van der Waals surface area contributed by atoms with Gasteiger partial charge in [0.25, 0.3) is 0 Å². The molecule has 0 radical (unpaired) electrons. The Labute approximate surface area is 252 Å². The summed E-state index contributed by atoms with van der Waals surface area (Å²) in [6.07, 6.45) is 1.14. The highest BCUT2D eigenvalue weighted by Gasteiger charge is 2.47. The fraction of sp³-hybridized carbons (Fsp3) is 0.345. The van der Waals surface area contributed by atoms with E-state index in [0.717, 1.165) is 54.2 Å². The highest BCUT2D eigenvalue weighted by molar-refractivity contribution is 7.99. The Hall–Kier alpha value is -1.84. The maximum atomic E-state index is 14.8. The molecule has 2 bridgehead atoms. The first kappa shape index (κ1) is 30.1. The summed E-state index contributed by atoms with van der Waals surface area (Å²) in [5.41, 5.74) is 0.822. The van der Waals surface area contributed by atoms with Crippen LogP contribution in [0.2, 0.25) is 10.0 Å². The van der Waals surface area contributed by atoms with E-state index in [1.807, 2.05) is 12.1 Å². The van der Waals surface area contributed by atoms with Gasteiger partial charge in [-0.2, -0.15) is 0 Å². The maximum absolute atomic E-state index is 14.8. The quantitative estimate of drug-likeness (QED) is 0.257. The zero-order chi connectivity index (χ0) is 26.7. The van der Waals surface area contributed by atoms with Gasteiger partial charge in [0.05, 0.1) is 36.9 Å². The largest absolute Gasteiger partial charge is 1.00 e. The number of thioether (sulfide) groups is 1. The zero-order valence-corrected chi connectivity index (χ0v) is 25.1. The smallest absolute Gasteiger partial charge is 0.415 e. The molecule has 3 aromatic rings. The van der Waals surface area contributed by atoms with Gasteiger partial charge in [0.15, 0.2) is 6.10 Å². The molecule has 3 saturated heterocycles. The summed E-state index contributed by atoms with van der Waals surface area (Å²) >= 11 is 14.2. The first-order valence-electron chi connectivity index (χ1n) is 12.7. The third kappa shape index (κ3) is 7.27. The van der Waals surface area contributed by atoms with E-state index in [9.17, 15) is 13.6 Å². The Balaban J connectivity index is 0.00000353. The van der Waals surface area contributed by atoms with Gasteiger partial charge in [0.2, 0.25) is 0 Å². The zero-order valence-electron chi connectivity index (χ0n) is 21.2. The average molecular weight is 658 g/mol. The van der Waals surface area contributed by atoms with E-state index in [4.69, 9.17) is 27.9 Å². The van der Waals surface area contributed by atoms with Crippen molar-refractivity contribution in [2.24, 2.45) is 5.92 Å². The molecule has 3 aliphatic heterocycles. The fourth-order valence-electron chi connectivity index (χ4n) is 5.49. The number of quaternary nitrogens is 1. The number of halogens is 5. The molecule has 10 heteroatoms. The Morgan fingerprint density at radius 1 is 1.03 bits per heavy atom. The lowest BCUT2D eigenvalue weighted by molar-refractivity contribution is -0.943. The number of anilines is 1. The minimum absolute atomic E-state index is 0. The van der Waals surface area contributed by atoms with E-state index in [1.165, 1.54) is 23.1 Å². The van der Waals surface area contributed by atoms with Crippen LogP contribution in [0.1, 0.15) is 18.4 Å². The average Bonchev–Trinajstić information content (AvgIpc) is 2.91. The number of carbonyl (C=O) groups excluding carboxylic acids is 1. The van der Waals surface area contributed by atoms with Crippen LogP contribution in [0.15, 0.2) is 71.6 Å². The van der Waals surface area contributed by atoms with Crippen LogP contribution in [-0.4, -0.2) is 48.6 Å². The molecule has 3 aliphatic rings. The molecule has 3 heterocycles. The van der Waals surface area contributed by atoms with Crippen molar-refractivity contribution >= 4 is 46.7 Å². The van der Waals surface area contributed by atoms with Gasteiger partial charge in [0, 0.05) is 34.4 Å². The standard InChI is InChI=1S/C29H29Cl2F2N2O2S.BrH/c30-22-7-10-24(31)28(17-22)38-16-15-35-13-11-21(12-14-35)27(19-35)37-29(36)34(26-4-2-1-3-25(26)33)18-20-5-8-23(32)9-6-20;/h1-10,17,21,27H,11-16,18-19H2;1H/q+1;/p-1/t21?,27-,35?;/m0./s1. The summed E-state index contributed by atoms with van der Waals surface area (Å²) in [4.78, 5) is 15.8. The van der Waals surface area contributed by atoms with Gasteiger partial charge in [-0.25, -0.2) is 13.6 Å². The number of hydrogen-bond donors (Lipinski definition) is 0. The van der Waals surface area contributed by atoms with Crippen molar-refractivity contribution in [1.82, 2.24) is 0 Å². The third-order valence-electron chi connectivity index (χ3n) is 7.63. The molecular formula is C29H29BrCl2F2N2O2S. The summed E-state index contributed by atoms with van der Waals surface area (Å²) in [7, 11) is 0. The molecule has 6 rings (SSSR count). The highest BCUT2D eigenvalue weighted by Crippen LogP contribution is 2.38. The number of hydrogen-bond acceptors (Lipinski definition) is 3. The molecule has 3 fully saturated rings. The molecule has 0 unspecified atom stereocenters. The van der Waals surface area contributed by atoms with E-state index >= 15 is 0 Å². The predicted octanol–water partition coefficient (Wildman–Crippen LogP) is 4.82. The fourth-order valence-corrected chi connectivity index (χ4v) is 7.12. The van der Waals surface area contributed by atoms with Gasteiger partial charge in [0.1, 0.15) is 18.2 Å². The van der Waals surface area contributed by atoms with Gasteiger partial charge in [-0.1, -0.05) is 47.5 Å². The van der Waals surface area contributed by atoms with Crippen molar-refractivity contribution < 1.29 is 39.8 Å². The van der Waals surface area contributed by atoms with Crippen LogP contribution in [0.5, 0.6) is 0 Å². The minimum Gasteiger partial charge on any atom is -1.00 e. The van der Waals surface area contributed by atoms with Crippen molar-refractivity contribution in [2.45, 2.75) is 30.4 Å². The van der Waals surface area contributed by atoms with Crippen molar-refractivity contribution in [2.75, 3.05) is 36.8 Å². The molecule has 1 atom stereocenters. The van der Waals surface area contributed by atoms with Gasteiger partial charge >= 0.3 is 6.09 Å². The van der Waals surface area contributed by atoms with E-state index in [-0.39, 0.29) is 41.1 Å². The molecular weight excluding hydrogens is 629 g/mol. The second-order valence-electron chi connectivity index (χ2n) is 10.0. The molecule has 208 valence electrons. The number of ether oxygens (including phenoxy) is 1. The maximum Gasteiger partial charge on any atom is 0.415 e. The van der Waals surface area contributed by atoms with E-state index in [2.05, 4.69) is 0 Å². The van der Waals surface area contributed by atoms with Crippen LogP contribution in [0.3, 0.4) is 0 Å². The third-order valence-corrected chi connectivity index (χ3v) is 9.34. The number of benzene rings is 3. The van der Waals surface area contributed by atoms with E-state index in [1.54, 1.807) is 48.2 Å². The normalized spacial score (nSPS) is 21.7. The molecule has 4 nitrogen and oxygen atoms in total. The second-order valence-corrected chi connectivity index (χ2v) is 12.0. The van der Waals surface area contributed by atoms with Gasteiger partial charge in [-0.3, -0.25) is 4.90 Å². The van der Waals surface area contributed by atoms with Crippen molar-refractivity contribution in [3.63, 3.8) is 0 Å². The number of piperidine rings is 3. The molecule has 1 amide bonds. The van der Waals surface area contributed by atoms with Crippen molar-refractivity contribution in [3.05, 3.63) is 94.0 Å². The highest BCUT2D eigenvalue weighted by atomic mass is 79.9. The lowest BCUT2D eigenvalue weighted by atomic mass is 9.83. The number of amides is 1. The molecule has 3 aromatic carbocycles. The summed E-state index contributed by atoms with van der Waals surface area (Å²) in [6.45, 7) is 3.85. The summed E-state index contributed by atoms with van der Waals surface area (Å²) < 4.78 is 35.2. The molecule has 0 N–H and O–H groups in total. The number of nitrogens with zero attached hydrogens (tertiary/aromatic N) is 2. The number of carbonyl (C=O) groups is 1. The Morgan fingerprint density at radius 2 is 1.74 bits per heavy atom. The number of fused-ring (bicyclic) bond motifs is 3. The second kappa shape index (κ2) is 13.2. The molecule has 0 aliphatic carbocycles. The van der Waals surface area contributed by atoms with Crippen LogP contribution in [0.25, 0.3) is 0 Å². The topological polar surface area (TPSA) is 29.5 Å². The molecule has 39 heavy (non-hydrogen) atoms. The SMILES string of the molecule is O=C(O[C@H]1C[N+]2(CCSc3cc(Cl)ccc3Cl)CCC1CC2)N(Cc1ccc(F)cc1)c1ccccc1F.[Br-]. The van der Waals surface area contributed by atoms with Crippen molar-refractivity contribution in [1.29, 1.82) is 0 Å². The monoisotopic (exact) mass is 656 g/mol. The number of para-hydroxylation sites is 1. The predicted molar refractivity (Wildman–Crippen MR) is 149 cm³/mol. The molecule has 0 saturated carbocycles. The van der Waals surface area contributed by atoms with Crippen LogP contribution < -0.4 is 21.9 Å². The molecule has 0 aromatic heterocycles. The van der Waals surface area contributed by atoms with Crippen molar-refractivity contribution in [3.8, 4) is 0 Å². The van der Waals surface area contributed by atoms with Crippen LogP contribution in [0.4, 0.5) is 19.3 Å². The lowest BCUT2D eigenvalue weighted by Gasteiger charge is -2.52. The summed E-state index contributed by atoms with van der Waals surface area (Å²) in [5, 5.41) is 1.35. The lowest BCUT2D eigenvalue weighted by Crippen LogP contribution is -3.00. The minimum atomic E-state index is -0.587. The van der Waals surface area contributed by atoms with E-state index < -0.39 is 11.9 Å². The van der Waals surface area contributed by atoms with E-state index in [0.29, 0.717) is 21.5 Å². The Morgan fingerprint density at radius 3 is 2.46 bits per heavy atom. The first-order chi connectivity index (χ1) is 18.3. The first-order valence-corrected chi connectivity index (χ1v) is 14.5.